The number of carbonyl (C=O) groups is 2. The number of nitrogens with one attached hydrogen (secondary N) is 2. The van der Waals surface area contributed by atoms with Crippen LogP contribution in [-0.2, 0) is 4.79 Å². The predicted octanol–water partition coefficient (Wildman–Crippen LogP) is 4.83. The van der Waals surface area contributed by atoms with Crippen LogP contribution in [0.1, 0.15) is 52.7 Å². The van der Waals surface area contributed by atoms with Crippen molar-refractivity contribution < 1.29 is 9.59 Å². The van der Waals surface area contributed by atoms with Gasteiger partial charge in [-0.05, 0) is 54.2 Å². The minimum absolute atomic E-state index is 0.0706. The van der Waals surface area contributed by atoms with Gasteiger partial charge in [-0.3, -0.25) is 9.59 Å². The lowest BCUT2D eigenvalue weighted by molar-refractivity contribution is -0.132. The molecule has 3 heterocycles. The summed E-state index contributed by atoms with van der Waals surface area (Å²) in [6.07, 6.45) is 5.93. The lowest BCUT2D eigenvalue weighted by atomic mass is 9.89. The van der Waals surface area contributed by atoms with Crippen molar-refractivity contribution in [2.24, 2.45) is 0 Å². The third-order valence-electron chi connectivity index (χ3n) is 6.69. The van der Waals surface area contributed by atoms with Crippen molar-refractivity contribution in [1.82, 2.24) is 20.2 Å². The highest BCUT2D eigenvalue weighted by molar-refractivity contribution is 5.94. The lowest BCUT2D eigenvalue weighted by Gasteiger charge is -2.33. The van der Waals surface area contributed by atoms with Crippen molar-refractivity contribution >= 4 is 22.8 Å². The van der Waals surface area contributed by atoms with Gasteiger partial charge in [-0.25, -0.2) is 4.98 Å². The molecular weight excluding hydrogens is 424 g/mol. The zero-order valence-corrected chi connectivity index (χ0v) is 19.0. The molecule has 0 spiro atoms. The van der Waals surface area contributed by atoms with Crippen molar-refractivity contribution in [3.05, 3.63) is 102 Å². The van der Waals surface area contributed by atoms with Crippen LogP contribution in [0.2, 0.25) is 0 Å². The van der Waals surface area contributed by atoms with Gasteiger partial charge >= 0.3 is 0 Å². The molecule has 1 aliphatic heterocycles. The summed E-state index contributed by atoms with van der Waals surface area (Å²) in [6, 6.07) is 22.5. The van der Waals surface area contributed by atoms with Crippen LogP contribution in [-0.4, -0.2) is 39.8 Å². The topological polar surface area (TPSA) is 78.1 Å². The summed E-state index contributed by atoms with van der Waals surface area (Å²) < 4.78 is 0. The number of nitrogens with zero attached hydrogens (tertiary/aromatic N) is 2. The first kappa shape index (κ1) is 21.9. The number of piperidine rings is 1. The number of carbonyl (C=O) groups excluding carboxylic acids is 2. The van der Waals surface area contributed by atoms with E-state index in [1.165, 1.54) is 10.9 Å². The van der Waals surface area contributed by atoms with E-state index in [1.807, 2.05) is 59.5 Å². The average molecular weight is 453 g/mol. The monoisotopic (exact) mass is 452 g/mol. The van der Waals surface area contributed by atoms with E-state index < -0.39 is 0 Å². The zero-order chi connectivity index (χ0) is 23.3. The average Bonchev–Trinajstić information content (AvgIpc) is 3.33. The van der Waals surface area contributed by atoms with Crippen LogP contribution in [0.25, 0.3) is 11.0 Å². The third-order valence-corrected chi connectivity index (χ3v) is 6.69. The molecule has 2 aromatic heterocycles. The minimum atomic E-state index is -0.376. The quantitative estimate of drug-likeness (QED) is 0.440. The van der Waals surface area contributed by atoms with Crippen LogP contribution in [0.4, 0.5) is 0 Å². The van der Waals surface area contributed by atoms with E-state index in [0.29, 0.717) is 24.6 Å². The Hall–Kier alpha value is -3.93. The van der Waals surface area contributed by atoms with Gasteiger partial charge in [0.15, 0.2) is 0 Å². The molecule has 4 aromatic rings. The van der Waals surface area contributed by atoms with Gasteiger partial charge in [0.05, 0.1) is 12.5 Å². The van der Waals surface area contributed by atoms with E-state index in [4.69, 9.17) is 0 Å². The lowest BCUT2D eigenvalue weighted by Crippen LogP contribution is -2.40. The van der Waals surface area contributed by atoms with Crippen molar-refractivity contribution in [2.45, 2.75) is 31.2 Å². The highest BCUT2D eigenvalue weighted by atomic mass is 16.2. The second-order valence-electron chi connectivity index (χ2n) is 8.81. The molecular formula is C28H28N4O2. The number of likely N-dealkylation sites (tertiary alicyclic amines) is 1. The van der Waals surface area contributed by atoms with E-state index in [1.54, 1.807) is 18.3 Å². The number of aromatic amines is 1. The third kappa shape index (κ3) is 4.71. The molecule has 1 unspecified atom stereocenters. The first-order valence-corrected chi connectivity index (χ1v) is 11.8. The van der Waals surface area contributed by atoms with E-state index in [-0.39, 0.29) is 24.3 Å². The molecule has 1 saturated heterocycles. The molecule has 1 fully saturated rings. The highest BCUT2D eigenvalue weighted by Crippen LogP contribution is 2.33. The molecule has 6 heteroatoms. The summed E-state index contributed by atoms with van der Waals surface area (Å²) in [5, 5.41) is 4.24. The molecule has 6 nitrogen and oxygen atoms in total. The van der Waals surface area contributed by atoms with E-state index in [0.717, 1.165) is 24.1 Å². The SMILES string of the molecule is O=C(NC(CC(=O)N1CCC(c2c[nH]c3ncccc23)CC1)c1ccccc1)c1ccccc1. The Morgan fingerprint density at radius 1 is 0.971 bits per heavy atom. The number of amides is 2. The van der Waals surface area contributed by atoms with Gasteiger partial charge in [0, 0.05) is 36.4 Å². The molecule has 1 aliphatic rings. The number of benzene rings is 2. The Kier molecular flexibility index (Phi) is 6.38. The smallest absolute Gasteiger partial charge is 0.251 e. The van der Waals surface area contributed by atoms with Gasteiger partial charge in [-0.2, -0.15) is 0 Å². The van der Waals surface area contributed by atoms with Crippen LogP contribution >= 0.6 is 0 Å². The number of pyridine rings is 1. The maximum Gasteiger partial charge on any atom is 0.251 e. The first-order valence-electron chi connectivity index (χ1n) is 11.8. The van der Waals surface area contributed by atoms with Gasteiger partial charge in [-0.1, -0.05) is 48.5 Å². The molecule has 0 saturated carbocycles. The summed E-state index contributed by atoms with van der Waals surface area (Å²) in [7, 11) is 0. The molecule has 172 valence electrons. The fourth-order valence-electron chi connectivity index (χ4n) is 4.83. The second kappa shape index (κ2) is 9.91. The van der Waals surface area contributed by atoms with Crippen LogP contribution in [0, 0.1) is 0 Å². The maximum atomic E-state index is 13.3. The normalized spacial score (nSPS) is 15.2. The van der Waals surface area contributed by atoms with Crippen LogP contribution in [0.15, 0.2) is 85.2 Å². The highest BCUT2D eigenvalue weighted by Gasteiger charge is 2.28. The summed E-state index contributed by atoms with van der Waals surface area (Å²) in [6.45, 7) is 1.43. The maximum absolute atomic E-state index is 13.3. The van der Waals surface area contributed by atoms with Crippen molar-refractivity contribution in [1.29, 1.82) is 0 Å². The molecule has 2 amide bonds. The fourth-order valence-corrected chi connectivity index (χ4v) is 4.83. The van der Waals surface area contributed by atoms with Gasteiger partial charge in [-0.15, -0.1) is 0 Å². The van der Waals surface area contributed by atoms with Gasteiger partial charge < -0.3 is 15.2 Å². The molecule has 34 heavy (non-hydrogen) atoms. The molecule has 5 rings (SSSR count). The molecule has 2 aromatic carbocycles. The Morgan fingerprint density at radius 2 is 1.68 bits per heavy atom. The summed E-state index contributed by atoms with van der Waals surface area (Å²) in [5.41, 5.74) is 3.72. The van der Waals surface area contributed by atoms with E-state index in [9.17, 15) is 9.59 Å². The molecule has 1 atom stereocenters. The Bertz CT molecular complexity index is 1260. The van der Waals surface area contributed by atoms with Crippen LogP contribution in [0.5, 0.6) is 0 Å². The number of aromatic nitrogens is 2. The van der Waals surface area contributed by atoms with Crippen LogP contribution < -0.4 is 5.32 Å². The number of hydrogen-bond acceptors (Lipinski definition) is 3. The second-order valence-corrected chi connectivity index (χ2v) is 8.81. The Labute approximate surface area is 199 Å². The van der Waals surface area contributed by atoms with Gasteiger partial charge in [0.2, 0.25) is 5.91 Å². The summed E-state index contributed by atoms with van der Waals surface area (Å²) in [4.78, 5) is 35.7. The molecule has 0 aliphatic carbocycles. The number of H-pyrrole nitrogens is 1. The fraction of sp³-hybridized carbons (Fsp3) is 0.250. The standard InChI is InChI=1S/C28H28N4O2/c33-26(32-16-13-20(14-17-32)24-19-30-27-23(24)12-7-15-29-27)18-25(21-8-3-1-4-9-21)31-28(34)22-10-5-2-6-11-22/h1-12,15,19-20,25H,13-14,16-18H2,(H,29,30)(H,31,34). The number of fused-ring (bicyclic) bond motifs is 1. The van der Waals surface area contributed by atoms with E-state index in [2.05, 4.69) is 27.5 Å². The summed E-state index contributed by atoms with van der Waals surface area (Å²) in [5.74, 6) is 0.305. The largest absolute Gasteiger partial charge is 0.346 e. The Morgan fingerprint density at radius 3 is 2.41 bits per heavy atom. The summed E-state index contributed by atoms with van der Waals surface area (Å²) >= 11 is 0. The number of hydrogen-bond donors (Lipinski definition) is 2. The van der Waals surface area contributed by atoms with Gasteiger partial charge in [0.25, 0.3) is 5.91 Å². The predicted molar refractivity (Wildman–Crippen MR) is 132 cm³/mol. The van der Waals surface area contributed by atoms with Crippen molar-refractivity contribution in [3.8, 4) is 0 Å². The van der Waals surface area contributed by atoms with Crippen molar-refractivity contribution in [3.63, 3.8) is 0 Å². The Balaban J connectivity index is 1.25. The minimum Gasteiger partial charge on any atom is -0.346 e. The molecule has 2 N–H and O–H groups in total. The van der Waals surface area contributed by atoms with Crippen LogP contribution in [0.3, 0.4) is 0 Å². The number of rotatable bonds is 6. The van der Waals surface area contributed by atoms with Gasteiger partial charge in [0.1, 0.15) is 5.65 Å². The first-order chi connectivity index (χ1) is 16.7. The van der Waals surface area contributed by atoms with E-state index >= 15 is 0 Å². The molecule has 0 radical (unpaired) electrons. The molecule has 0 bridgehead atoms. The van der Waals surface area contributed by atoms with Crippen molar-refractivity contribution in [2.75, 3.05) is 13.1 Å². The zero-order valence-electron chi connectivity index (χ0n) is 19.0.